The van der Waals surface area contributed by atoms with Gasteiger partial charge in [-0.3, -0.25) is 0 Å². The molecule has 0 aliphatic heterocycles. The molecular weight excluding hydrogens is 305 g/mol. The van der Waals surface area contributed by atoms with Crippen molar-refractivity contribution in [2.75, 3.05) is 15.7 Å². The SMILES string of the molecule is Cc1ccc(NB(Nc2ccc(C)cc2)Nc2ccc(C)cc2)cc1. The van der Waals surface area contributed by atoms with E-state index in [9.17, 15) is 0 Å². The largest absolute Gasteiger partial charge is 0.496 e. The minimum atomic E-state index is -0.131. The van der Waals surface area contributed by atoms with Gasteiger partial charge in [-0.1, -0.05) is 53.1 Å². The summed E-state index contributed by atoms with van der Waals surface area (Å²) in [5, 5.41) is 10.5. The molecule has 0 fully saturated rings. The predicted molar refractivity (Wildman–Crippen MR) is 110 cm³/mol. The molecule has 0 aliphatic carbocycles. The first-order valence-corrected chi connectivity index (χ1v) is 8.58. The molecule has 0 radical (unpaired) electrons. The van der Waals surface area contributed by atoms with Crippen molar-refractivity contribution in [3.05, 3.63) is 89.5 Å². The van der Waals surface area contributed by atoms with Crippen molar-refractivity contribution in [3.63, 3.8) is 0 Å². The van der Waals surface area contributed by atoms with E-state index in [2.05, 4.69) is 109 Å². The minimum Gasteiger partial charge on any atom is -0.390 e. The van der Waals surface area contributed by atoms with Crippen LogP contribution in [0.4, 0.5) is 17.1 Å². The molecular formula is C21H24BN3. The third kappa shape index (κ3) is 5.05. The second kappa shape index (κ2) is 7.80. The molecule has 0 atom stereocenters. The fraction of sp³-hybridized carbons (Fsp3) is 0.143. The van der Waals surface area contributed by atoms with Crippen LogP contribution < -0.4 is 15.7 Å². The first-order chi connectivity index (χ1) is 12.1. The molecule has 0 bridgehead atoms. The van der Waals surface area contributed by atoms with Crippen LogP contribution in [-0.2, 0) is 0 Å². The number of benzene rings is 3. The van der Waals surface area contributed by atoms with Gasteiger partial charge >= 0.3 is 7.12 Å². The molecule has 0 amide bonds. The van der Waals surface area contributed by atoms with Gasteiger partial charge in [0.05, 0.1) is 0 Å². The third-order valence-corrected chi connectivity index (χ3v) is 4.09. The number of nitrogens with one attached hydrogen (secondary N) is 3. The lowest BCUT2D eigenvalue weighted by Gasteiger charge is -2.20. The van der Waals surface area contributed by atoms with Gasteiger partial charge in [-0.15, -0.1) is 0 Å². The topological polar surface area (TPSA) is 36.1 Å². The maximum Gasteiger partial charge on any atom is 0.496 e. The third-order valence-electron chi connectivity index (χ3n) is 4.09. The maximum absolute atomic E-state index is 3.51. The fourth-order valence-corrected chi connectivity index (χ4v) is 2.56. The molecule has 0 saturated carbocycles. The molecule has 4 heteroatoms. The number of hydrogen-bond donors (Lipinski definition) is 3. The van der Waals surface area contributed by atoms with Gasteiger partial charge in [0.25, 0.3) is 0 Å². The van der Waals surface area contributed by atoms with Crippen molar-refractivity contribution >= 4 is 24.2 Å². The lowest BCUT2D eigenvalue weighted by Crippen LogP contribution is -2.42. The Morgan fingerprint density at radius 2 is 0.680 bits per heavy atom. The Labute approximate surface area is 150 Å². The molecule has 0 unspecified atom stereocenters. The molecule has 3 aromatic rings. The molecule has 3 aromatic carbocycles. The van der Waals surface area contributed by atoms with Gasteiger partial charge in [-0.25, -0.2) is 0 Å². The molecule has 0 spiro atoms. The van der Waals surface area contributed by atoms with Crippen LogP contribution in [0.1, 0.15) is 16.7 Å². The number of rotatable bonds is 6. The first kappa shape index (κ1) is 17.0. The van der Waals surface area contributed by atoms with Crippen LogP contribution in [0.5, 0.6) is 0 Å². The zero-order valence-corrected chi connectivity index (χ0v) is 15.0. The van der Waals surface area contributed by atoms with Crippen molar-refractivity contribution in [2.24, 2.45) is 0 Å². The van der Waals surface area contributed by atoms with Gasteiger partial charge in [0.2, 0.25) is 0 Å². The summed E-state index contributed by atoms with van der Waals surface area (Å²) in [5.41, 5.74) is 6.94. The highest BCUT2D eigenvalue weighted by Crippen LogP contribution is 2.15. The molecule has 0 heterocycles. The van der Waals surface area contributed by atoms with Gasteiger partial charge in [-0.2, -0.15) is 0 Å². The van der Waals surface area contributed by atoms with Crippen molar-refractivity contribution in [1.82, 2.24) is 0 Å². The molecule has 0 aromatic heterocycles. The zero-order chi connectivity index (χ0) is 17.6. The summed E-state index contributed by atoms with van der Waals surface area (Å²) < 4.78 is 0. The van der Waals surface area contributed by atoms with E-state index in [0.29, 0.717) is 0 Å². The predicted octanol–water partition coefficient (Wildman–Crippen LogP) is 5.23. The summed E-state index contributed by atoms with van der Waals surface area (Å²) >= 11 is 0. The van der Waals surface area contributed by atoms with E-state index in [1.165, 1.54) is 16.7 Å². The Kier molecular flexibility index (Phi) is 5.29. The summed E-state index contributed by atoms with van der Waals surface area (Å²) in [7, 11) is -0.131. The van der Waals surface area contributed by atoms with E-state index < -0.39 is 0 Å². The summed E-state index contributed by atoms with van der Waals surface area (Å²) in [6, 6.07) is 25.2. The maximum atomic E-state index is 3.51. The summed E-state index contributed by atoms with van der Waals surface area (Å²) in [5.74, 6) is 0. The highest BCUT2D eigenvalue weighted by molar-refractivity contribution is 6.69. The van der Waals surface area contributed by atoms with Gasteiger partial charge in [-0.05, 0) is 57.2 Å². The minimum absolute atomic E-state index is 0.131. The fourth-order valence-electron chi connectivity index (χ4n) is 2.56. The van der Waals surface area contributed by atoms with E-state index in [4.69, 9.17) is 0 Å². The second-order valence-corrected chi connectivity index (χ2v) is 6.46. The molecule has 0 saturated heterocycles. The highest BCUT2D eigenvalue weighted by atomic mass is 15.1. The van der Waals surface area contributed by atoms with Crippen molar-refractivity contribution in [1.29, 1.82) is 0 Å². The standard InChI is InChI=1S/C21H24BN3/c1-16-4-10-19(11-5-16)23-22(24-20-12-6-17(2)7-13-20)25-21-14-8-18(3)9-15-21/h4-15,23-25H,1-3H3. The summed E-state index contributed by atoms with van der Waals surface area (Å²) in [6.07, 6.45) is 0. The summed E-state index contributed by atoms with van der Waals surface area (Å²) in [4.78, 5) is 0. The van der Waals surface area contributed by atoms with Crippen LogP contribution in [-0.4, -0.2) is 7.12 Å². The molecule has 126 valence electrons. The van der Waals surface area contributed by atoms with E-state index in [0.717, 1.165) is 17.1 Å². The average Bonchev–Trinajstić information content (AvgIpc) is 2.61. The average molecular weight is 329 g/mol. The molecule has 0 aliphatic rings. The zero-order valence-electron chi connectivity index (χ0n) is 15.0. The Morgan fingerprint density at radius 1 is 0.440 bits per heavy atom. The lowest BCUT2D eigenvalue weighted by atomic mass is 9.91. The number of hydrogen-bond acceptors (Lipinski definition) is 3. The second-order valence-electron chi connectivity index (χ2n) is 6.46. The van der Waals surface area contributed by atoms with Gasteiger partial charge in [0.1, 0.15) is 0 Å². The van der Waals surface area contributed by atoms with Crippen LogP contribution in [0.2, 0.25) is 0 Å². The first-order valence-electron chi connectivity index (χ1n) is 8.58. The lowest BCUT2D eigenvalue weighted by molar-refractivity contribution is 1.45. The van der Waals surface area contributed by atoms with Crippen molar-refractivity contribution in [2.45, 2.75) is 20.8 Å². The monoisotopic (exact) mass is 329 g/mol. The quantitative estimate of drug-likeness (QED) is 0.542. The van der Waals surface area contributed by atoms with E-state index >= 15 is 0 Å². The van der Waals surface area contributed by atoms with Crippen LogP contribution in [0.25, 0.3) is 0 Å². The van der Waals surface area contributed by atoms with Crippen LogP contribution in [0, 0.1) is 20.8 Å². The normalized spacial score (nSPS) is 10.2. The van der Waals surface area contributed by atoms with Crippen LogP contribution >= 0.6 is 0 Å². The molecule has 3 rings (SSSR count). The number of anilines is 3. The van der Waals surface area contributed by atoms with Crippen LogP contribution in [0.15, 0.2) is 72.8 Å². The van der Waals surface area contributed by atoms with Crippen molar-refractivity contribution in [3.8, 4) is 0 Å². The van der Waals surface area contributed by atoms with Gasteiger partial charge in [0.15, 0.2) is 0 Å². The smallest absolute Gasteiger partial charge is 0.390 e. The van der Waals surface area contributed by atoms with E-state index in [-0.39, 0.29) is 7.12 Å². The summed E-state index contributed by atoms with van der Waals surface area (Å²) in [6.45, 7) is 6.28. The van der Waals surface area contributed by atoms with Crippen LogP contribution in [0.3, 0.4) is 0 Å². The van der Waals surface area contributed by atoms with Gasteiger partial charge in [0, 0.05) is 17.1 Å². The Balaban J connectivity index is 1.77. The van der Waals surface area contributed by atoms with E-state index in [1.54, 1.807) is 0 Å². The molecule has 3 N–H and O–H groups in total. The Bertz CT molecular complexity index is 683. The van der Waals surface area contributed by atoms with E-state index in [1.807, 2.05) is 0 Å². The molecule has 3 nitrogen and oxygen atoms in total. The Morgan fingerprint density at radius 3 is 0.920 bits per heavy atom. The highest BCUT2D eigenvalue weighted by Gasteiger charge is 2.17. The van der Waals surface area contributed by atoms with Gasteiger partial charge < -0.3 is 15.7 Å². The van der Waals surface area contributed by atoms with Crippen molar-refractivity contribution < 1.29 is 0 Å². The molecule has 25 heavy (non-hydrogen) atoms. The Hall–Kier alpha value is -2.88. The number of aryl methyl sites for hydroxylation is 3.